The van der Waals surface area contributed by atoms with E-state index >= 15 is 0 Å². The lowest BCUT2D eigenvalue weighted by Gasteiger charge is -2.31. The number of thiophene rings is 1. The molecule has 0 saturated carbocycles. The number of rotatable bonds is 4. The predicted octanol–water partition coefficient (Wildman–Crippen LogP) is 3.29. The number of esters is 1. The summed E-state index contributed by atoms with van der Waals surface area (Å²) in [6.45, 7) is 5.18. The van der Waals surface area contributed by atoms with Gasteiger partial charge in [0.1, 0.15) is 0 Å². The van der Waals surface area contributed by atoms with Gasteiger partial charge in [-0.05, 0) is 54.4 Å². The quantitative estimate of drug-likeness (QED) is 0.793. The molecule has 1 aromatic rings. The number of piperidine rings is 1. The van der Waals surface area contributed by atoms with Crippen LogP contribution in [0.3, 0.4) is 0 Å². The van der Waals surface area contributed by atoms with E-state index in [1.165, 1.54) is 4.88 Å². The van der Waals surface area contributed by atoms with Gasteiger partial charge < -0.3 is 4.74 Å². The van der Waals surface area contributed by atoms with Crippen LogP contribution in [0.25, 0.3) is 0 Å². The first-order chi connectivity index (χ1) is 8.69. The molecule has 1 fully saturated rings. The van der Waals surface area contributed by atoms with Crippen LogP contribution in [-0.2, 0) is 16.1 Å². The van der Waals surface area contributed by atoms with Crippen LogP contribution in [0.4, 0.5) is 0 Å². The molecular formula is C13H18BrNO2S. The molecular weight excluding hydrogens is 314 g/mol. The third kappa shape index (κ3) is 3.80. The number of hydrogen-bond acceptors (Lipinski definition) is 4. The van der Waals surface area contributed by atoms with E-state index < -0.39 is 0 Å². The minimum atomic E-state index is -0.0328. The SMILES string of the molecule is CCOC(=O)[C@H]1CCCN(Cc2ccc(Br)s2)C1. The molecule has 0 amide bonds. The highest BCUT2D eigenvalue weighted by molar-refractivity contribution is 9.11. The molecule has 0 bridgehead atoms. The van der Waals surface area contributed by atoms with Crippen LogP contribution in [0.1, 0.15) is 24.6 Å². The van der Waals surface area contributed by atoms with Crippen LogP contribution in [0.5, 0.6) is 0 Å². The molecule has 2 heterocycles. The summed E-state index contributed by atoms with van der Waals surface area (Å²) in [5, 5.41) is 0. The van der Waals surface area contributed by atoms with Crippen LogP contribution in [0, 0.1) is 5.92 Å². The molecule has 1 aliphatic rings. The Bertz CT molecular complexity index is 407. The molecule has 2 rings (SSSR count). The van der Waals surface area contributed by atoms with Crippen LogP contribution in [-0.4, -0.2) is 30.6 Å². The summed E-state index contributed by atoms with van der Waals surface area (Å²) in [6.07, 6.45) is 2.04. The lowest BCUT2D eigenvalue weighted by molar-refractivity contribution is -0.150. The number of hydrogen-bond donors (Lipinski definition) is 0. The van der Waals surface area contributed by atoms with Gasteiger partial charge in [0.2, 0.25) is 0 Å². The number of likely N-dealkylation sites (tertiary alicyclic amines) is 1. The van der Waals surface area contributed by atoms with Gasteiger partial charge in [0, 0.05) is 18.0 Å². The molecule has 0 N–H and O–H groups in total. The third-order valence-corrected chi connectivity index (χ3v) is 4.74. The molecule has 0 aromatic carbocycles. The second kappa shape index (κ2) is 6.68. The van der Waals surface area contributed by atoms with Crippen molar-refractivity contribution in [3.8, 4) is 0 Å². The van der Waals surface area contributed by atoms with Gasteiger partial charge in [0.25, 0.3) is 0 Å². The molecule has 1 aromatic heterocycles. The Morgan fingerprint density at radius 1 is 1.61 bits per heavy atom. The Labute approximate surface area is 120 Å². The Balaban J connectivity index is 1.88. The van der Waals surface area contributed by atoms with Crippen molar-refractivity contribution in [3.63, 3.8) is 0 Å². The fourth-order valence-corrected chi connectivity index (χ4v) is 3.83. The van der Waals surface area contributed by atoms with Crippen molar-refractivity contribution in [2.75, 3.05) is 19.7 Å². The number of carbonyl (C=O) groups is 1. The molecule has 0 spiro atoms. The molecule has 1 atom stereocenters. The van der Waals surface area contributed by atoms with E-state index in [1.807, 2.05) is 6.92 Å². The molecule has 18 heavy (non-hydrogen) atoms. The Morgan fingerprint density at radius 3 is 3.11 bits per heavy atom. The van der Waals surface area contributed by atoms with Crippen molar-refractivity contribution in [2.24, 2.45) is 5.92 Å². The summed E-state index contributed by atoms with van der Waals surface area (Å²) in [4.78, 5) is 15.4. The average molecular weight is 332 g/mol. The number of carbonyl (C=O) groups excluding carboxylic acids is 1. The van der Waals surface area contributed by atoms with Crippen LogP contribution >= 0.6 is 27.3 Å². The second-order valence-electron chi connectivity index (χ2n) is 4.53. The van der Waals surface area contributed by atoms with Gasteiger partial charge >= 0.3 is 5.97 Å². The molecule has 1 aliphatic heterocycles. The van der Waals surface area contributed by atoms with E-state index in [4.69, 9.17) is 4.74 Å². The maximum Gasteiger partial charge on any atom is 0.310 e. The summed E-state index contributed by atoms with van der Waals surface area (Å²) in [5.41, 5.74) is 0. The van der Waals surface area contributed by atoms with Crippen molar-refractivity contribution < 1.29 is 9.53 Å². The average Bonchev–Trinajstić information content (AvgIpc) is 2.75. The molecule has 0 unspecified atom stereocenters. The molecule has 100 valence electrons. The summed E-state index contributed by atoms with van der Waals surface area (Å²) in [5.74, 6) is 0.0247. The molecule has 5 heteroatoms. The van der Waals surface area contributed by atoms with Crippen LogP contribution in [0.2, 0.25) is 0 Å². The minimum Gasteiger partial charge on any atom is -0.466 e. The summed E-state index contributed by atoms with van der Waals surface area (Å²) in [6, 6.07) is 4.22. The van der Waals surface area contributed by atoms with Crippen molar-refractivity contribution >= 4 is 33.2 Å². The first-order valence-corrected chi connectivity index (χ1v) is 7.93. The van der Waals surface area contributed by atoms with Gasteiger partial charge in [-0.15, -0.1) is 11.3 Å². The Morgan fingerprint density at radius 2 is 2.44 bits per heavy atom. The van der Waals surface area contributed by atoms with Gasteiger partial charge in [0.15, 0.2) is 0 Å². The standard InChI is InChI=1S/C13H18BrNO2S/c1-2-17-13(16)10-4-3-7-15(8-10)9-11-5-6-12(14)18-11/h5-6,10H,2-4,7-9H2,1H3/t10-/m0/s1. The van der Waals surface area contributed by atoms with Gasteiger partial charge in [-0.25, -0.2) is 0 Å². The zero-order valence-electron chi connectivity index (χ0n) is 10.5. The van der Waals surface area contributed by atoms with Gasteiger partial charge in [-0.3, -0.25) is 9.69 Å². The van der Waals surface area contributed by atoms with Crippen molar-refractivity contribution in [1.82, 2.24) is 4.90 Å². The monoisotopic (exact) mass is 331 g/mol. The zero-order chi connectivity index (χ0) is 13.0. The smallest absolute Gasteiger partial charge is 0.310 e. The van der Waals surface area contributed by atoms with Crippen molar-refractivity contribution in [3.05, 3.63) is 20.8 Å². The molecule has 0 aliphatic carbocycles. The fourth-order valence-electron chi connectivity index (χ4n) is 2.31. The van der Waals surface area contributed by atoms with E-state index in [2.05, 4.69) is 33.0 Å². The van der Waals surface area contributed by atoms with Gasteiger partial charge in [-0.1, -0.05) is 0 Å². The summed E-state index contributed by atoms with van der Waals surface area (Å²) >= 11 is 5.24. The Kier molecular flexibility index (Phi) is 5.21. The predicted molar refractivity (Wildman–Crippen MR) is 76.7 cm³/mol. The lowest BCUT2D eigenvalue weighted by Crippen LogP contribution is -2.38. The molecule has 3 nitrogen and oxygen atoms in total. The van der Waals surface area contributed by atoms with Crippen molar-refractivity contribution in [2.45, 2.75) is 26.3 Å². The summed E-state index contributed by atoms with van der Waals surface area (Å²) < 4.78 is 6.28. The first-order valence-electron chi connectivity index (χ1n) is 6.32. The van der Waals surface area contributed by atoms with E-state index in [-0.39, 0.29) is 11.9 Å². The lowest BCUT2D eigenvalue weighted by atomic mass is 9.98. The van der Waals surface area contributed by atoms with E-state index in [0.717, 1.165) is 36.3 Å². The maximum atomic E-state index is 11.7. The molecule has 1 saturated heterocycles. The van der Waals surface area contributed by atoms with E-state index in [9.17, 15) is 4.79 Å². The highest BCUT2D eigenvalue weighted by Crippen LogP contribution is 2.25. The minimum absolute atomic E-state index is 0.0328. The van der Waals surface area contributed by atoms with Crippen LogP contribution < -0.4 is 0 Å². The maximum absolute atomic E-state index is 11.7. The van der Waals surface area contributed by atoms with Gasteiger partial charge in [-0.2, -0.15) is 0 Å². The number of ether oxygens (including phenoxy) is 1. The Hall–Kier alpha value is -0.390. The highest BCUT2D eigenvalue weighted by Gasteiger charge is 2.26. The number of halogens is 1. The fraction of sp³-hybridized carbons (Fsp3) is 0.615. The van der Waals surface area contributed by atoms with E-state index in [0.29, 0.717) is 6.61 Å². The number of nitrogens with zero attached hydrogens (tertiary/aromatic N) is 1. The highest BCUT2D eigenvalue weighted by atomic mass is 79.9. The van der Waals surface area contributed by atoms with Crippen molar-refractivity contribution in [1.29, 1.82) is 0 Å². The third-order valence-electron chi connectivity index (χ3n) is 3.13. The van der Waals surface area contributed by atoms with Gasteiger partial charge in [0.05, 0.1) is 16.3 Å². The second-order valence-corrected chi connectivity index (χ2v) is 7.08. The largest absolute Gasteiger partial charge is 0.466 e. The molecule has 0 radical (unpaired) electrons. The van der Waals surface area contributed by atoms with E-state index in [1.54, 1.807) is 11.3 Å². The summed E-state index contributed by atoms with van der Waals surface area (Å²) in [7, 11) is 0. The normalized spacial score (nSPS) is 20.9. The topological polar surface area (TPSA) is 29.5 Å². The zero-order valence-corrected chi connectivity index (χ0v) is 12.9. The first kappa shape index (κ1) is 14.0. The van der Waals surface area contributed by atoms with Crippen LogP contribution in [0.15, 0.2) is 15.9 Å².